The maximum absolute atomic E-state index is 10.9. The van der Waals surface area contributed by atoms with Crippen LogP contribution in [0.2, 0.25) is 0 Å². The number of aryl methyl sites for hydroxylation is 1. The number of imidazole rings is 1. The van der Waals surface area contributed by atoms with Crippen molar-refractivity contribution in [2.75, 3.05) is 5.32 Å². The number of anilines is 1. The number of pyridine rings is 1. The molecule has 2 heterocycles. The van der Waals surface area contributed by atoms with E-state index < -0.39 is 9.85 Å². The lowest BCUT2D eigenvalue weighted by Crippen LogP contribution is -2.04. The van der Waals surface area contributed by atoms with Gasteiger partial charge in [-0.05, 0) is 11.6 Å². The summed E-state index contributed by atoms with van der Waals surface area (Å²) in [5.41, 5.74) is 1.28. The van der Waals surface area contributed by atoms with Crippen LogP contribution in [0.5, 0.6) is 0 Å². The molecule has 10 heteroatoms. The fourth-order valence-corrected chi connectivity index (χ4v) is 2.35. The Bertz CT molecular complexity index is 919. The predicted molar refractivity (Wildman–Crippen MR) is 85.6 cm³/mol. The Kier molecular flexibility index (Phi) is 3.78. The number of non-ortho nitro benzene ring substituents is 2. The van der Waals surface area contributed by atoms with Crippen LogP contribution in [0, 0.1) is 20.2 Å². The topological polar surface area (TPSA) is 129 Å². The molecule has 0 aliphatic carbocycles. The van der Waals surface area contributed by atoms with Crippen LogP contribution >= 0.6 is 0 Å². The van der Waals surface area contributed by atoms with Gasteiger partial charge < -0.3 is 9.88 Å². The quantitative estimate of drug-likeness (QED) is 0.562. The smallest absolute Gasteiger partial charge is 0.276 e. The van der Waals surface area contributed by atoms with E-state index in [0.29, 0.717) is 16.9 Å². The normalized spacial score (nSPS) is 10.7. The molecule has 0 saturated carbocycles. The van der Waals surface area contributed by atoms with Gasteiger partial charge in [-0.25, -0.2) is 9.97 Å². The van der Waals surface area contributed by atoms with E-state index in [4.69, 9.17) is 0 Å². The van der Waals surface area contributed by atoms with Crippen molar-refractivity contribution in [2.45, 2.75) is 6.54 Å². The summed E-state index contributed by atoms with van der Waals surface area (Å²) in [5.74, 6) is 0.502. The van der Waals surface area contributed by atoms with E-state index in [0.717, 1.165) is 11.6 Å². The molecule has 0 radical (unpaired) electrons. The van der Waals surface area contributed by atoms with Gasteiger partial charge in [0.2, 0.25) is 0 Å². The first-order chi connectivity index (χ1) is 11.5. The molecule has 122 valence electrons. The van der Waals surface area contributed by atoms with Crippen LogP contribution in [0.1, 0.15) is 5.56 Å². The maximum atomic E-state index is 10.9. The van der Waals surface area contributed by atoms with Crippen LogP contribution in [0.15, 0.2) is 36.8 Å². The second-order valence-corrected chi connectivity index (χ2v) is 5.11. The average Bonchev–Trinajstić information content (AvgIpc) is 2.94. The van der Waals surface area contributed by atoms with Crippen LogP contribution < -0.4 is 5.32 Å². The third-order valence-corrected chi connectivity index (χ3v) is 3.49. The number of nitro benzene ring substituents is 2. The molecule has 0 atom stereocenters. The highest BCUT2D eigenvalue weighted by Gasteiger charge is 2.16. The number of aromatic nitrogens is 3. The Balaban J connectivity index is 1.90. The predicted octanol–water partition coefficient (Wildman–Crippen LogP) is 2.40. The zero-order chi connectivity index (χ0) is 17.3. The fraction of sp³-hybridized carbons (Fsp3) is 0.143. The van der Waals surface area contributed by atoms with E-state index in [1.54, 1.807) is 12.5 Å². The van der Waals surface area contributed by atoms with E-state index in [-0.39, 0.29) is 17.9 Å². The minimum atomic E-state index is -0.659. The summed E-state index contributed by atoms with van der Waals surface area (Å²) in [7, 11) is 1.85. The molecule has 3 aromatic rings. The van der Waals surface area contributed by atoms with Crippen LogP contribution in [0.4, 0.5) is 17.2 Å². The van der Waals surface area contributed by atoms with E-state index in [1.165, 1.54) is 12.1 Å². The lowest BCUT2D eigenvalue weighted by atomic mass is 10.1. The van der Waals surface area contributed by atoms with Crippen LogP contribution in [-0.4, -0.2) is 24.4 Å². The van der Waals surface area contributed by atoms with E-state index >= 15 is 0 Å². The third-order valence-electron chi connectivity index (χ3n) is 3.49. The summed E-state index contributed by atoms with van der Waals surface area (Å²) in [4.78, 5) is 29.0. The molecule has 0 spiro atoms. The molecule has 0 aliphatic heterocycles. The van der Waals surface area contributed by atoms with E-state index in [9.17, 15) is 20.2 Å². The molecule has 1 aromatic carbocycles. The molecule has 0 fully saturated rings. The van der Waals surface area contributed by atoms with Gasteiger partial charge in [-0.3, -0.25) is 20.2 Å². The van der Waals surface area contributed by atoms with Crippen molar-refractivity contribution in [3.63, 3.8) is 0 Å². The number of benzene rings is 1. The highest BCUT2D eigenvalue weighted by Crippen LogP contribution is 2.24. The molecule has 24 heavy (non-hydrogen) atoms. The van der Waals surface area contributed by atoms with Crippen LogP contribution in [0.3, 0.4) is 0 Å². The van der Waals surface area contributed by atoms with Crippen molar-refractivity contribution in [1.82, 2.24) is 14.5 Å². The van der Waals surface area contributed by atoms with Gasteiger partial charge in [0, 0.05) is 31.9 Å². The van der Waals surface area contributed by atoms with Crippen molar-refractivity contribution in [2.24, 2.45) is 7.05 Å². The Hall–Kier alpha value is -3.56. The average molecular weight is 328 g/mol. The molecule has 1 N–H and O–H groups in total. The highest BCUT2D eigenvalue weighted by molar-refractivity contribution is 5.85. The molecule has 0 unspecified atom stereocenters. The van der Waals surface area contributed by atoms with Gasteiger partial charge in [0.05, 0.1) is 27.8 Å². The second kappa shape index (κ2) is 5.91. The number of nitrogens with zero attached hydrogens (tertiary/aromatic N) is 5. The van der Waals surface area contributed by atoms with Gasteiger partial charge in [-0.2, -0.15) is 0 Å². The monoisotopic (exact) mass is 328 g/mol. The summed E-state index contributed by atoms with van der Waals surface area (Å²) in [6.45, 7) is 0.144. The number of rotatable bonds is 5. The Morgan fingerprint density at radius 1 is 1.12 bits per heavy atom. The molecule has 0 amide bonds. The van der Waals surface area contributed by atoms with Crippen molar-refractivity contribution in [1.29, 1.82) is 0 Å². The summed E-state index contributed by atoms with van der Waals surface area (Å²) < 4.78 is 1.83. The molecule has 0 bridgehead atoms. The summed E-state index contributed by atoms with van der Waals surface area (Å²) in [6.07, 6.45) is 3.26. The number of hydrogen-bond donors (Lipinski definition) is 1. The summed E-state index contributed by atoms with van der Waals surface area (Å²) in [6, 6.07) is 5.32. The van der Waals surface area contributed by atoms with Crippen molar-refractivity contribution < 1.29 is 9.85 Å². The molecule has 3 rings (SSSR count). The largest absolute Gasteiger partial charge is 0.364 e. The van der Waals surface area contributed by atoms with E-state index in [2.05, 4.69) is 15.3 Å². The number of fused-ring (bicyclic) bond motifs is 1. The molecule has 10 nitrogen and oxygen atoms in total. The van der Waals surface area contributed by atoms with Gasteiger partial charge in [-0.15, -0.1) is 0 Å². The molecular formula is C14H12N6O4. The summed E-state index contributed by atoms with van der Waals surface area (Å²) in [5, 5.41) is 24.9. The summed E-state index contributed by atoms with van der Waals surface area (Å²) >= 11 is 0. The molecule has 0 saturated heterocycles. The second-order valence-electron chi connectivity index (χ2n) is 5.11. The number of nitrogens with one attached hydrogen (secondary N) is 1. The van der Waals surface area contributed by atoms with Crippen LogP contribution in [0.25, 0.3) is 11.0 Å². The van der Waals surface area contributed by atoms with Crippen molar-refractivity contribution >= 4 is 28.2 Å². The van der Waals surface area contributed by atoms with E-state index in [1.807, 2.05) is 17.7 Å². The minimum absolute atomic E-state index is 0.144. The minimum Gasteiger partial charge on any atom is -0.364 e. The maximum Gasteiger partial charge on any atom is 0.276 e. The highest BCUT2D eigenvalue weighted by atomic mass is 16.6. The third kappa shape index (κ3) is 2.84. The number of hydrogen-bond acceptors (Lipinski definition) is 7. The molecule has 2 aromatic heterocycles. The van der Waals surface area contributed by atoms with Gasteiger partial charge in [0.15, 0.2) is 5.82 Å². The first-order valence-electron chi connectivity index (χ1n) is 6.88. The number of nitro groups is 2. The molecule has 0 aliphatic rings. The van der Waals surface area contributed by atoms with Gasteiger partial charge in [0.1, 0.15) is 5.52 Å². The van der Waals surface area contributed by atoms with Gasteiger partial charge in [-0.1, -0.05) is 0 Å². The van der Waals surface area contributed by atoms with Gasteiger partial charge >= 0.3 is 0 Å². The fourth-order valence-electron chi connectivity index (χ4n) is 2.35. The van der Waals surface area contributed by atoms with Crippen molar-refractivity contribution in [3.8, 4) is 0 Å². The Morgan fingerprint density at radius 3 is 2.42 bits per heavy atom. The Labute approximate surface area is 135 Å². The SMILES string of the molecule is Cn1cnc2c(NCc3cc([N+](=O)[O-])cc([N+](=O)[O-])c3)nccc21. The first-order valence-corrected chi connectivity index (χ1v) is 6.88. The van der Waals surface area contributed by atoms with Gasteiger partial charge in [0.25, 0.3) is 11.4 Å². The zero-order valence-electron chi connectivity index (χ0n) is 12.5. The zero-order valence-corrected chi connectivity index (χ0v) is 12.5. The first kappa shape index (κ1) is 15.3. The lowest BCUT2D eigenvalue weighted by molar-refractivity contribution is -0.394. The molecular weight excluding hydrogens is 316 g/mol. The Morgan fingerprint density at radius 2 is 1.79 bits per heavy atom. The lowest BCUT2D eigenvalue weighted by Gasteiger charge is -2.06. The van der Waals surface area contributed by atoms with Crippen LogP contribution in [-0.2, 0) is 13.6 Å². The standard InChI is InChI=1S/C14H12N6O4/c1-18-8-17-13-12(18)2-3-15-14(13)16-7-9-4-10(19(21)22)6-11(5-9)20(23)24/h2-6,8H,7H2,1H3,(H,15,16). The van der Waals surface area contributed by atoms with Crippen molar-refractivity contribution in [3.05, 3.63) is 62.6 Å².